The summed E-state index contributed by atoms with van der Waals surface area (Å²) in [5, 5.41) is 4.13. The van der Waals surface area contributed by atoms with E-state index < -0.39 is 0 Å². The number of anilines is 2. The zero-order valence-corrected chi connectivity index (χ0v) is 14.9. The average molecular weight is 339 g/mol. The van der Waals surface area contributed by atoms with Crippen molar-refractivity contribution in [3.8, 4) is 0 Å². The Morgan fingerprint density at radius 2 is 1.96 bits per heavy atom. The minimum Gasteiger partial charge on any atom is -0.326 e. The summed E-state index contributed by atoms with van der Waals surface area (Å²) in [7, 11) is 1.80. The van der Waals surface area contributed by atoms with Gasteiger partial charge in [-0.25, -0.2) is 4.98 Å². The van der Waals surface area contributed by atoms with Gasteiger partial charge in [0.25, 0.3) is 5.56 Å². The lowest BCUT2D eigenvalue weighted by Gasteiger charge is -2.12. The first-order valence-electron chi connectivity index (χ1n) is 8.54. The number of aromatic nitrogens is 2. The van der Waals surface area contributed by atoms with E-state index in [1.807, 2.05) is 12.1 Å². The second kappa shape index (κ2) is 6.06. The van der Waals surface area contributed by atoms with Gasteiger partial charge in [-0.2, -0.15) is 0 Å². The molecule has 1 aliphatic carbocycles. The molecule has 2 heterocycles. The predicted octanol–water partition coefficient (Wildman–Crippen LogP) is 4.18. The van der Waals surface area contributed by atoms with Crippen molar-refractivity contribution >= 4 is 33.2 Å². The highest BCUT2D eigenvalue weighted by atomic mass is 32.1. The number of rotatable bonds is 3. The van der Waals surface area contributed by atoms with Crippen molar-refractivity contribution in [1.29, 1.82) is 0 Å². The van der Waals surface area contributed by atoms with Crippen LogP contribution in [0, 0.1) is 0 Å². The molecule has 1 aliphatic rings. The molecule has 0 aliphatic heterocycles. The molecule has 124 valence electrons. The molecule has 0 bridgehead atoms. The van der Waals surface area contributed by atoms with Crippen molar-refractivity contribution in [3.63, 3.8) is 0 Å². The Balaban J connectivity index is 1.78. The van der Waals surface area contributed by atoms with Crippen molar-refractivity contribution in [2.45, 2.75) is 39.0 Å². The summed E-state index contributed by atoms with van der Waals surface area (Å²) >= 11 is 1.69. The van der Waals surface area contributed by atoms with E-state index in [2.05, 4.69) is 24.4 Å². The number of hydrogen-bond donors (Lipinski definition) is 1. The van der Waals surface area contributed by atoms with Gasteiger partial charge in [0.05, 0.1) is 5.39 Å². The van der Waals surface area contributed by atoms with Crippen LogP contribution in [0.4, 0.5) is 11.6 Å². The van der Waals surface area contributed by atoms with E-state index in [1.54, 1.807) is 23.0 Å². The fourth-order valence-electron chi connectivity index (χ4n) is 3.35. The van der Waals surface area contributed by atoms with E-state index in [4.69, 9.17) is 4.98 Å². The van der Waals surface area contributed by atoms with Crippen molar-refractivity contribution in [3.05, 3.63) is 50.6 Å². The first-order valence-corrected chi connectivity index (χ1v) is 9.36. The molecule has 24 heavy (non-hydrogen) atoms. The highest BCUT2D eigenvalue weighted by molar-refractivity contribution is 7.18. The van der Waals surface area contributed by atoms with Gasteiger partial charge in [-0.05, 0) is 55.4 Å². The Morgan fingerprint density at radius 3 is 2.71 bits per heavy atom. The molecule has 3 aromatic rings. The lowest BCUT2D eigenvalue weighted by molar-refractivity contribution is 0.699. The number of benzene rings is 1. The lowest BCUT2D eigenvalue weighted by atomic mass is 9.97. The zero-order chi connectivity index (χ0) is 16.7. The third-order valence-corrected chi connectivity index (χ3v) is 6.00. The highest BCUT2D eigenvalue weighted by Gasteiger charge is 2.21. The maximum Gasteiger partial charge on any atom is 0.263 e. The van der Waals surface area contributed by atoms with Gasteiger partial charge in [-0.3, -0.25) is 9.36 Å². The van der Waals surface area contributed by atoms with Crippen LogP contribution in [0.15, 0.2) is 29.1 Å². The number of thiophene rings is 1. The molecule has 0 radical (unpaired) electrons. The quantitative estimate of drug-likeness (QED) is 0.779. The molecular weight excluding hydrogens is 318 g/mol. The fourth-order valence-corrected chi connectivity index (χ4v) is 4.60. The van der Waals surface area contributed by atoms with Gasteiger partial charge in [0, 0.05) is 17.6 Å². The third-order valence-electron chi connectivity index (χ3n) is 4.81. The monoisotopic (exact) mass is 339 g/mol. The molecule has 0 fully saturated rings. The van der Waals surface area contributed by atoms with Gasteiger partial charge in [-0.1, -0.05) is 19.1 Å². The topological polar surface area (TPSA) is 46.9 Å². The standard InChI is InChI=1S/C19H21N3OS/c1-3-12-8-10-13(11-9-12)20-19-21-17-16(18(23)22(19)2)14-6-4-5-7-15(14)24-17/h8-11H,3-7H2,1-2H3,(H,20,21). The van der Waals surface area contributed by atoms with E-state index in [9.17, 15) is 4.79 Å². The molecule has 2 aromatic heterocycles. The Hall–Kier alpha value is -2.14. The van der Waals surface area contributed by atoms with Crippen LogP contribution in [0.3, 0.4) is 0 Å². The van der Waals surface area contributed by atoms with Crippen LogP contribution < -0.4 is 10.9 Å². The summed E-state index contributed by atoms with van der Waals surface area (Å²) in [6.07, 6.45) is 5.50. The maximum atomic E-state index is 12.9. The Kier molecular flexibility index (Phi) is 3.88. The van der Waals surface area contributed by atoms with E-state index in [0.29, 0.717) is 5.95 Å². The first-order chi connectivity index (χ1) is 11.7. The molecule has 0 saturated heterocycles. The molecular formula is C19H21N3OS. The normalized spacial score (nSPS) is 13.9. The van der Waals surface area contributed by atoms with Gasteiger partial charge in [0.2, 0.25) is 5.95 Å². The Labute approximate surface area is 145 Å². The summed E-state index contributed by atoms with van der Waals surface area (Å²) in [6.45, 7) is 2.14. The molecule has 0 amide bonds. The Bertz CT molecular complexity index is 953. The van der Waals surface area contributed by atoms with Crippen LogP contribution in [0.1, 0.15) is 35.8 Å². The van der Waals surface area contributed by atoms with Crippen molar-refractivity contribution in [1.82, 2.24) is 9.55 Å². The number of nitrogens with zero attached hydrogens (tertiary/aromatic N) is 2. The van der Waals surface area contributed by atoms with Crippen LogP contribution in [0.25, 0.3) is 10.2 Å². The van der Waals surface area contributed by atoms with Crippen molar-refractivity contribution < 1.29 is 0 Å². The minimum atomic E-state index is 0.0621. The first kappa shape index (κ1) is 15.4. The van der Waals surface area contributed by atoms with Gasteiger partial charge in [0.1, 0.15) is 4.83 Å². The third kappa shape index (κ3) is 2.53. The van der Waals surface area contributed by atoms with Gasteiger partial charge in [-0.15, -0.1) is 11.3 Å². The molecule has 4 rings (SSSR count). The Morgan fingerprint density at radius 1 is 1.21 bits per heavy atom. The summed E-state index contributed by atoms with van der Waals surface area (Å²) in [4.78, 5) is 19.8. The van der Waals surface area contributed by atoms with E-state index >= 15 is 0 Å². The summed E-state index contributed by atoms with van der Waals surface area (Å²) in [5.74, 6) is 0.607. The minimum absolute atomic E-state index is 0.0621. The van der Waals surface area contributed by atoms with Crippen molar-refractivity contribution in [2.24, 2.45) is 7.05 Å². The van der Waals surface area contributed by atoms with E-state index in [0.717, 1.165) is 35.2 Å². The zero-order valence-electron chi connectivity index (χ0n) is 14.1. The van der Waals surface area contributed by atoms with Gasteiger partial charge in [0.15, 0.2) is 0 Å². The second-order valence-corrected chi connectivity index (χ2v) is 7.45. The fraction of sp³-hybridized carbons (Fsp3) is 0.368. The summed E-state index contributed by atoms with van der Waals surface area (Å²) in [6, 6.07) is 8.27. The SMILES string of the molecule is CCc1ccc(Nc2nc3sc4c(c3c(=O)n2C)CCCC4)cc1. The molecule has 0 unspecified atom stereocenters. The van der Waals surface area contributed by atoms with Crippen molar-refractivity contribution in [2.75, 3.05) is 5.32 Å². The molecule has 0 spiro atoms. The molecule has 5 heteroatoms. The van der Waals surface area contributed by atoms with Crippen LogP contribution in [-0.2, 0) is 26.3 Å². The number of fused-ring (bicyclic) bond motifs is 3. The van der Waals surface area contributed by atoms with Gasteiger partial charge >= 0.3 is 0 Å². The largest absolute Gasteiger partial charge is 0.326 e. The molecule has 0 saturated carbocycles. The molecule has 0 atom stereocenters. The summed E-state index contributed by atoms with van der Waals surface area (Å²) in [5.41, 5.74) is 3.56. The number of nitrogens with one attached hydrogen (secondary N) is 1. The molecule has 4 nitrogen and oxygen atoms in total. The van der Waals surface area contributed by atoms with Crippen LogP contribution >= 0.6 is 11.3 Å². The van der Waals surface area contributed by atoms with E-state index in [1.165, 1.54) is 28.8 Å². The van der Waals surface area contributed by atoms with E-state index in [-0.39, 0.29) is 5.56 Å². The number of aryl methyl sites for hydroxylation is 3. The molecule has 1 aromatic carbocycles. The predicted molar refractivity (Wildman–Crippen MR) is 101 cm³/mol. The van der Waals surface area contributed by atoms with Crippen LogP contribution in [0.5, 0.6) is 0 Å². The van der Waals surface area contributed by atoms with Crippen LogP contribution in [0.2, 0.25) is 0 Å². The lowest BCUT2D eigenvalue weighted by Crippen LogP contribution is -2.21. The number of hydrogen-bond acceptors (Lipinski definition) is 4. The van der Waals surface area contributed by atoms with Crippen LogP contribution in [-0.4, -0.2) is 9.55 Å². The maximum absolute atomic E-state index is 12.9. The average Bonchev–Trinajstić information content (AvgIpc) is 2.98. The smallest absolute Gasteiger partial charge is 0.263 e. The summed E-state index contributed by atoms with van der Waals surface area (Å²) < 4.78 is 1.64. The second-order valence-electron chi connectivity index (χ2n) is 6.37. The molecule has 1 N–H and O–H groups in total. The van der Waals surface area contributed by atoms with Gasteiger partial charge < -0.3 is 5.32 Å². The highest BCUT2D eigenvalue weighted by Crippen LogP contribution is 2.34.